The quantitative estimate of drug-likeness (QED) is 0.737. The summed E-state index contributed by atoms with van der Waals surface area (Å²) in [5, 5.41) is 6.18. The second-order valence-corrected chi connectivity index (χ2v) is 4.49. The van der Waals surface area contributed by atoms with E-state index in [1.165, 1.54) is 4.52 Å². The van der Waals surface area contributed by atoms with Gasteiger partial charge in [-0.2, -0.15) is 9.50 Å². The second kappa shape index (κ2) is 3.96. The van der Waals surface area contributed by atoms with Crippen LogP contribution < -0.4 is 10.9 Å². The molecule has 1 aliphatic rings. The summed E-state index contributed by atoms with van der Waals surface area (Å²) in [5.41, 5.74) is 0.798. The van der Waals surface area contributed by atoms with E-state index >= 15 is 0 Å². The first-order valence-electron chi connectivity index (χ1n) is 5.91. The molecule has 6 nitrogen and oxygen atoms in total. The molecule has 0 unspecified atom stereocenters. The molecule has 1 fully saturated rings. The molecule has 17 heavy (non-hydrogen) atoms. The van der Waals surface area contributed by atoms with Gasteiger partial charge in [-0.1, -0.05) is 0 Å². The minimum Gasteiger partial charge on any atom is -0.317 e. The molecule has 1 saturated heterocycles. The van der Waals surface area contributed by atoms with Gasteiger partial charge in [-0.05, 0) is 32.9 Å². The molecule has 0 saturated carbocycles. The Labute approximate surface area is 98.1 Å². The molecule has 0 radical (unpaired) electrons. The Balaban J connectivity index is 2.08. The molecule has 1 aliphatic heterocycles. The van der Waals surface area contributed by atoms with Crippen LogP contribution in [0.2, 0.25) is 0 Å². The third-order valence-electron chi connectivity index (χ3n) is 3.22. The van der Waals surface area contributed by atoms with Crippen molar-refractivity contribution < 1.29 is 0 Å². The highest BCUT2D eigenvalue weighted by Gasteiger charge is 2.18. The Bertz CT molecular complexity index is 593. The molecule has 2 aromatic rings. The Morgan fingerprint density at radius 1 is 1.35 bits per heavy atom. The van der Waals surface area contributed by atoms with Crippen LogP contribution in [0.1, 0.15) is 30.3 Å². The zero-order valence-electron chi connectivity index (χ0n) is 9.73. The summed E-state index contributed by atoms with van der Waals surface area (Å²) < 4.78 is 1.39. The number of nitrogens with zero attached hydrogens (tertiary/aromatic N) is 3. The number of fused-ring (bicyclic) bond motifs is 1. The van der Waals surface area contributed by atoms with E-state index in [1.54, 1.807) is 6.07 Å². The largest absolute Gasteiger partial charge is 0.317 e. The lowest BCUT2D eigenvalue weighted by molar-refractivity contribution is 0.453. The number of piperidine rings is 1. The zero-order chi connectivity index (χ0) is 11.8. The Kier molecular flexibility index (Phi) is 2.44. The van der Waals surface area contributed by atoms with E-state index in [-0.39, 0.29) is 5.56 Å². The lowest BCUT2D eigenvalue weighted by Gasteiger charge is -2.21. The molecule has 3 rings (SSSR count). The molecule has 3 heterocycles. The van der Waals surface area contributed by atoms with Crippen molar-refractivity contribution in [3.05, 3.63) is 27.9 Å². The van der Waals surface area contributed by atoms with Crippen LogP contribution >= 0.6 is 0 Å². The van der Waals surface area contributed by atoms with Crippen molar-refractivity contribution in [1.82, 2.24) is 24.9 Å². The van der Waals surface area contributed by atoms with Gasteiger partial charge in [-0.3, -0.25) is 9.89 Å². The highest BCUT2D eigenvalue weighted by Crippen LogP contribution is 2.22. The van der Waals surface area contributed by atoms with Gasteiger partial charge in [0.15, 0.2) is 0 Å². The fraction of sp³-hybridized carbons (Fsp3) is 0.545. The van der Waals surface area contributed by atoms with Gasteiger partial charge in [0, 0.05) is 12.0 Å². The summed E-state index contributed by atoms with van der Waals surface area (Å²) in [6.45, 7) is 3.80. The number of aryl methyl sites for hydroxylation is 1. The van der Waals surface area contributed by atoms with E-state index in [4.69, 9.17) is 0 Å². The first-order valence-corrected chi connectivity index (χ1v) is 5.91. The normalized spacial score (nSPS) is 17.7. The predicted octanol–water partition coefficient (Wildman–Crippen LogP) is 0.193. The molecule has 2 N–H and O–H groups in total. The molecule has 90 valence electrons. The first kappa shape index (κ1) is 10.5. The van der Waals surface area contributed by atoms with Crippen molar-refractivity contribution in [1.29, 1.82) is 0 Å². The number of hydrogen-bond donors (Lipinski definition) is 2. The van der Waals surface area contributed by atoms with E-state index in [9.17, 15) is 4.79 Å². The summed E-state index contributed by atoms with van der Waals surface area (Å²) in [6, 6.07) is 1.63. The lowest BCUT2D eigenvalue weighted by Crippen LogP contribution is -2.28. The van der Waals surface area contributed by atoms with Crippen LogP contribution in [0.3, 0.4) is 0 Å². The number of rotatable bonds is 1. The molecule has 0 aliphatic carbocycles. The van der Waals surface area contributed by atoms with Crippen molar-refractivity contribution in [2.45, 2.75) is 25.7 Å². The van der Waals surface area contributed by atoms with Crippen LogP contribution in [0.4, 0.5) is 0 Å². The third kappa shape index (κ3) is 1.84. The smallest absolute Gasteiger partial charge is 0.274 e. The van der Waals surface area contributed by atoms with Gasteiger partial charge in [0.05, 0.1) is 5.69 Å². The standard InChI is InChI=1S/C11H15N5O/c1-7-13-11-14-9(6-10(17)16(11)15-7)8-2-4-12-5-3-8/h6,8,12H,2-5H2,1H3,(H,13,14,15). The van der Waals surface area contributed by atoms with E-state index in [2.05, 4.69) is 20.4 Å². The van der Waals surface area contributed by atoms with Crippen LogP contribution in [-0.4, -0.2) is 32.7 Å². The third-order valence-corrected chi connectivity index (χ3v) is 3.22. The summed E-state index contributed by atoms with van der Waals surface area (Å²) in [6.07, 6.45) is 2.07. The SMILES string of the molecule is Cc1nc2nc(C3CCNCC3)cc(=O)n2[nH]1. The lowest BCUT2D eigenvalue weighted by atomic mass is 9.94. The number of aromatic amines is 1. The molecule has 0 amide bonds. The van der Waals surface area contributed by atoms with Gasteiger partial charge in [0.25, 0.3) is 11.3 Å². The zero-order valence-corrected chi connectivity index (χ0v) is 9.73. The summed E-state index contributed by atoms with van der Waals surface area (Å²) in [7, 11) is 0. The molecule has 0 atom stereocenters. The monoisotopic (exact) mass is 233 g/mol. The average Bonchev–Trinajstić information content (AvgIpc) is 2.71. The summed E-state index contributed by atoms with van der Waals surface area (Å²) >= 11 is 0. The Morgan fingerprint density at radius 2 is 2.12 bits per heavy atom. The Morgan fingerprint density at radius 3 is 2.88 bits per heavy atom. The minimum atomic E-state index is -0.0795. The topological polar surface area (TPSA) is 75.1 Å². The van der Waals surface area contributed by atoms with Gasteiger partial charge in [0.1, 0.15) is 5.82 Å². The second-order valence-electron chi connectivity index (χ2n) is 4.49. The molecular formula is C11H15N5O. The van der Waals surface area contributed by atoms with Gasteiger partial charge in [-0.15, -0.1) is 0 Å². The molecule has 0 bridgehead atoms. The maximum absolute atomic E-state index is 11.9. The molecular weight excluding hydrogens is 218 g/mol. The van der Waals surface area contributed by atoms with Crippen LogP contribution in [0, 0.1) is 6.92 Å². The van der Waals surface area contributed by atoms with Gasteiger partial charge < -0.3 is 5.32 Å². The average molecular weight is 233 g/mol. The number of hydrogen-bond acceptors (Lipinski definition) is 4. The number of nitrogens with one attached hydrogen (secondary N) is 2. The molecule has 0 aromatic carbocycles. The van der Waals surface area contributed by atoms with Crippen molar-refractivity contribution in [2.75, 3.05) is 13.1 Å². The number of H-pyrrole nitrogens is 1. The summed E-state index contributed by atoms with van der Waals surface area (Å²) in [5.74, 6) is 1.56. The van der Waals surface area contributed by atoms with Gasteiger partial charge in [-0.25, -0.2) is 4.98 Å². The fourth-order valence-electron chi connectivity index (χ4n) is 2.33. The maximum Gasteiger partial charge on any atom is 0.274 e. The maximum atomic E-state index is 11.9. The Hall–Kier alpha value is -1.69. The molecule has 0 spiro atoms. The van der Waals surface area contributed by atoms with Crippen molar-refractivity contribution in [3.8, 4) is 0 Å². The first-order chi connectivity index (χ1) is 8.24. The van der Waals surface area contributed by atoms with Crippen molar-refractivity contribution >= 4 is 5.78 Å². The van der Waals surface area contributed by atoms with Crippen LogP contribution in [0.15, 0.2) is 10.9 Å². The van der Waals surface area contributed by atoms with Crippen molar-refractivity contribution in [3.63, 3.8) is 0 Å². The van der Waals surface area contributed by atoms with E-state index in [0.717, 1.165) is 31.6 Å². The van der Waals surface area contributed by atoms with Crippen LogP contribution in [-0.2, 0) is 0 Å². The van der Waals surface area contributed by atoms with Crippen LogP contribution in [0.5, 0.6) is 0 Å². The molecule has 6 heteroatoms. The number of aromatic nitrogens is 4. The van der Waals surface area contributed by atoms with Crippen LogP contribution in [0.25, 0.3) is 5.78 Å². The highest BCUT2D eigenvalue weighted by atomic mass is 16.1. The summed E-state index contributed by atoms with van der Waals surface area (Å²) in [4.78, 5) is 20.6. The van der Waals surface area contributed by atoms with E-state index < -0.39 is 0 Å². The predicted molar refractivity (Wildman–Crippen MR) is 63.2 cm³/mol. The fourth-order valence-corrected chi connectivity index (χ4v) is 2.33. The van der Waals surface area contributed by atoms with Crippen molar-refractivity contribution in [2.24, 2.45) is 0 Å². The van der Waals surface area contributed by atoms with E-state index in [1.807, 2.05) is 6.92 Å². The van der Waals surface area contributed by atoms with Gasteiger partial charge >= 0.3 is 0 Å². The van der Waals surface area contributed by atoms with Gasteiger partial charge in [0.2, 0.25) is 0 Å². The highest BCUT2D eigenvalue weighted by molar-refractivity contribution is 5.29. The van der Waals surface area contributed by atoms with E-state index in [0.29, 0.717) is 17.5 Å². The minimum absolute atomic E-state index is 0.0795. The molecule has 2 aromatic heterocycles.